The van der Waals surface area contributed by atoms with E-state index < -0.39 is 30.4 Å². The van der Waals surface area contributed by atoms with Gasteiger partial charge >= 0.3 is 12.0 Å². The summed E-state index contributed by atoms with van der Waals surface area (Å²) in [4.78, 5) is 34.5. The summed E-state index contributed by atoms with van der Waals surface area (Å²) in [6, 6.07) is -1.84. The molecule has 0 aromatic heterocycles. The lowest BCUT2D eigenvalue weighted by Crippen LogP contribution is -2.50. The van der Waals surface area contributed by atoms with Crippen LogP contribution in [0.1, 0.15) is 26.7 Å². The van der Waals surface area contributed by atoms with Crippen LogP contribution in [0.15, 0.2) is 0 Å². The second kappa shape index (κ2) is 6.72. The molecule has 98 valence electrons. The fraction of sp³-hybridized carbons (Fsp3) is 0.700. The van der Waals surface area contributed by atoms with E-state index in [2.05, 4.69) is 5.32 Å². The molecule has 0 radical (unpaired) electrons. The number of carboxylic acids is 1. The second-order valence-corrected chi connectivity index (χ2v) is 3.88. The highest BCUT2D eigenvalue weighted by molar-refractivity contribution is 5.87. The highest BCUT2D eigenvalue weighted by Gasteiger charge is 2.24. The predicted octanol–water partition coefficient (Wildman–Crippen LogP) is -0.245. The van der Waals surface area contributed by atoms with Gasteiger partial charge < -0.3 is 21.1 Å². The van der Waals surface area contributed by atoms with Gasteiger partial charge in [0.2, 0.25) is 5.91 Å². The van der Waals surface area contributed by atoms with Gasteiger partial charge in [0, 0.05) is 13.1 Å². The number of amides is 3. The highest BCUT2D eigenvalue weighted by Crippen LogP contribution is 2.01. The number of primary amides is 1. The maximum Gasteiger partial charge on any atom is 0.326 e. The predicted molar refractivity (Wildman–Crippen MR) is 61.3 cm³/mol. The van der Waals surface area contributed by atoms with Crippen LogP contribution in [0.4, 0.5) is 4.79 Å². The summed E-state index contributed by atoms with van der Waals surface area (Å²) in [5.41, 5.74) is 4.90. The topological polar surface area (TPSA) is 113 Å². The maximum atomic E-state index is 11.6. The average molecular weight is 245 g/mol. The number of carbonyl (C=O) groups excluding carboxylic acids is 2. The van der Waals surface area contributed by atoms with Gasteiger partial charge in [0.1, 0.15) is 6.04 Å². The molecule has 4 N–H and O–H groups in total. The van der Waals surface area contributed by atoms with Gasteiger partial charge in [-0.05, 0) is 13.3 Å². The van der Waals surface area contributed by atoms with Gasteiger partial charge in [-0.15, -0.1) is 0 Å². The molecule has 0 heterocycles. The van der Waals surface area contributed by atoms with E-state index >= 15 is 0 Å². The summed E-state index contributed by atoms with van der Waals surface area (Å²) >= 11 is 0. The summed E-state index contributed by atoms with van der Waals surface area (Å²) in [6.07, 6.45) is 0.326. The Morgan fingerprint density at radius 2 is 1.94 bits per heavy atom. The Hall–Kier alpha value is -1.79. The van der Waals surface area contributed by atoms with Crippen molar-refractivity contribution in [1.82, 2.24) is 10.2 Å². The number of carbonyl (C=O) groups is 3. The fourth-order valence-electron chi connectivity index (χ4n) is 1.13. The van der Waals surface area contributed by atoms with Crippen LogP contribution in [0.3, 0.4) is 0 Å². The van der Waals surface area contributed by atoms with E-state index in [1.54, 1.807) is 7.05 Å². The van der Waals surface area contributed by atoms with Crippen LogP contribution in [0.2, 0.25) is 0 Å². The van der Waals surface area contributed by atoms with Crippen molar-refractivity contribution in [3.05, 3.63) is 0 Å². The van der Waals surface area contributed by atoms with Crippen LogP contribution in [0.5, 0.6) is 0 Å². The van der Waals surface area contributed by atoms with E-state index in [-0.39, 0.29) is 6.04 Å². The zero-order valence-electron chi connectivity index (χ0n) is 10.3. The van der Waals surface area contributed by atoms with Gasteiger partial charge in [-0.1, -0.05) is 6.92 Å². The summed E-state index contributed by atoms with van der Waals surface area (Å²) in [7, 11) is 1.56. The number of urea groups is 1. The first-order chi connectivity index (χ1) is 7.79. The number of aliphatic carboxylic acids is 1. The van der Waals surface area contributed by atoms with E-state index in [1.807, 2.05) is 13.8 Å². The van der Waals surface area contributed by atoms with Crippen molar-refractivity contribution in [2.45, 2.75) is 38.8 Å². The first-order valence-electron chi connectivity index (χ1n) is 5.34. The largest absolute Gasteiger partial charge is 0.480 e. The minimum Gasteiger partial charge on any atom is -0.480 e. The molecular formula is C10H19N3O4. The van der Waals surface area contributed by atoms with Crippen molar-refractivity contribution >= 4 is 17.9 Å². The van der Waals surface area contributed by atoms with Crippen LogP contribution in [0.25, 0.3) is 0 Å². The smallest absolute Gasteiger partial charge is 0.326 e. The van der Waals surface area contributed by atoms with Crippen molar-refractivity contribution in [2.24, 2.45) is 5.73 Å². The average Bonchev–Trinajstić information content (AvgIpc) is 2.25. The zero-order chi connectivity index (χ0) is 13.6. The first kappa shape index (κ1) is 15.2. The molecule has 0 spiro atoms. The normalized spacial score (nSPS) is 13.6. The number of carboxylic acid groups (broad SMARTS) is 1. The minimum atomic E-state index is -1.29. The fourth-order valence-corrected chi connectivity index (χ4v) is 1.13. The molecular weight excluding hydrogens is 226 g/mol. The van der Waals surface area contributed by atoms with Crippen molar-refractivity contribution in [1.29, 1.82) is 0 Å². The molecule has 2 atom stereocenters. The monoisotopic (exact) mass is 245 g/mol. The quantitative estimate of drug-likeness (QED) is 0.599. The van der Waals surface area contributed by atoms with Gasteiger partial charge in [0.05, 0.1) is 6.42 Å². The summed E-state index contributed by atoms with van der Waals surface area (Å²) in [6.45, 7) is 3.75. The van der Waals surface area contributed by atoms with Crippen molar-refractivity contribution in [3.8, 4) is 0 Å². The maximum absolute atomic E-state index is 11.6. The molecule has 0 rings (SSSR count). The molecule has 0 bridgehead atoms. The van der Waals surface area contributed by atoms with Crippen LogP contribution < -0.4 is 11.1 Å². The Labute approximate surface area is 100.0 Å². The third-order valence-corrected chi connectivity index (χ3v) is 2.57. The van der Waals surface area contributed by atoms with E-state index in [0.717, 1.165) is 6.42 Å². The molecule has 7 nitrogen and oxygen atoms in total. The van der Waals surface area contributed by atoms with E-state index in [4.69, 9.17) is 10.8 Å². The molecule has 0 aromatic carbocycles. The molecule has 17 heavy (non-hydrogen) atoms. The Morgan fingerprint density at radius 1 is 1.41 bits per heavy atom. The van der Waals surface area contributed by atoms with E-state index in [9.17, 15) is 14.4 Å². The summed E-state index contributed by atoms with van der Waals surface area (Å²) in [5.74, 6) is -2.06. The molecule has 0 aromatic rings. The van der Waals surface area contributed by atoms with E-state index in [1.165, 1.54) is 4.90 Å². The number of hydrogen-bond acceptors (Lipinski definition) is 3. The van der Waals surface area contributed by atoms with Gasteiger partial charge in [0.25, 0.3) is 0 Å². The SMILES string of the molecule is CCC(C)N(C)C(=O)NC(CC(N)=O)C(=O)O. The van der Waals surface area contributed by atoms with Crippen molar-refractivity contribution in [3.63, 3.8) is 0 Å². The summed E-state index contributed by atoms with van der Waals surface area (Å²) in [5, 5.41) is 11.1. The van der Waals surface area contributed by atoms with Crippen LogP contribution in [0, 0.1) is 0 Å². The molecule has 0 fully saturated rings. The van der Waals surface area contributed by atoms with Gasteiger partial charge in [-0.25, -0.2) is 9.59 Å². The number of nitrogens with two attached hydrogens (primary N) is 1. The van der Waals surface area contributed by atoms with Crippen LogP contribution >= 0.6 is 0 Å². The van der Waals surface area contributed by atoms with Crippen LogP contribution in [-0.4, -0.2) is 47.0 Å². The third-order valence-electron chi connectivity index (χ3n) is 2.57. The van der Waals surface area contributed by atoms with Gasteiger partial charge in [0.15, 0.2) is 0 Å². The first-order valence-corrected chi connectivity index (χ1v) is 5.34. The Kier molecular flexibility index (Phi) is 6.01. The minimum absolute atomic E-state index is 0.0157. The molecule has 0 aliphatic heterocycles. The van der Waals surface area contributed by atoms with E-state index in [0.29, 0.717) is 0 Å². The highest BCUT2D eigenvalue weighted by atomic mass is 16.4. The third kappa shape index (κ3) is 5.19. The molecule has 7 heteroatoms. The Morgan fingerprint density at radius 3 is 2.29 bits per heavy atom. The Balaban J connectivity index is 4.50. The summed E-state index contributed by atoms with van der Waals surface area (Å²) < 4.78 is 0. The number of hydrogen-bond donors (Lipinski definition) is 3. The number of nitrogens with zero attached hydrogens (tertiary/aromatic N) is 1. The van der Waals surface area contributed by atoms with Gasteiger partial charge in [-0.2, -0.15) is 0 Å². The standard InChI is InChI=1S/C10H19N3O4/c1-4-6(2)13(3)10(17)12-7(9(15)16)5-8(11)14/h6-7H,4-5H2,1-3H3,(H2,11,14)(H,12,17)(H,15,16). The Bertz CT molecular complexity index is 306. The van der Waals surface area contributed by atoms with Crippen LogP contribution in [-0.2, 0) is 9.59 Å². The zero-order valence-corrected chi connectivity index (χ0v) is 10.3. The lowest BCUT2D eigenvalue weighted by atomic mass is 10.2. The number of nitrogens with one attached hydrogen (secondary N) is 1. The number of rotatable bonds is 6. The lowest BCUT2D eigenvalue weighted by Gasteiger charge is -2.25. The lowest BCUT2D eigenvalue weighted by molar-refractivity contribution is -0.141. The van der Waals surface area contributed by atoms with Crippen molar-refractivity contribution in [2.75, 3.05) is 7.05 Å². The second-order valence-electron chi connectivity index (χ2n) is 3.88. The molecule has 0 aliphatic carbocycles. The molecule has 2 unspecified atom stereocenters. The van der Waals surface area contributed by atoms with Gasteiger partial charge in [-0.3, -0.25) is 4.79 Å². The molecule has 0 saturated carbocycles. The molecule has 3 amide bonds. The molecule has 0 saturated heterocycles. The van der Waals surface area contributed by atoms with Crippen molar-refractivity contribution < 1.29 is 19.5 Å². The molecule has 0 aliphatic rings.